The summed E-state index contributed by atoms with van der Waals surface area (Å²) in [6.07, 6.45) is 1.14. The first-order valence-corrected chi connectivity index (χ1v) is 5.02. The second-order valence-electron chi connectivity index (χ2n) is 3.87. The Morgan fingerprint density at radius 3 is 2.64 bits per heavy atom. The molecule has 1 aliphatic rings. The number of hydrogen-bond acceptors (Lipinski definition) is 3. The lowest BCUT2D eigenvalue weighted by molar-refractivity contribution is 0.463. The molecule has 4 N–H and O–H groups in total. The van der Waals surface area contributed by atoms with Crippen molar-refractivity contribution in [1.29, 1.82) is 0 Å². The summed E-state index contributed by atoms with van der Waals surface area (Å²) in [7, 11) is 0. The van der Waals surface area contributed by atoms with E-state index in [4.69, 9.17) is 10.8 Å². The van der Waals surface area contributed by atoms with Crippen molar-refractivity contribution in [3.63, 3.8) is 0 Å². The van der Waals surface area contributed by atoms with E-state index in [2.05, 4.69) is 5.32 Å². The van der Waals surface area contributed by atoms with Gasteiger partial charge in [0.05, 0.1) is 0 Å². The molecule has 0 radical (unpaired) electrons. The summed E-state index contributed by atoms with van der Waals surface area (Å²) in [5.41, 5.74) is 7.24. The van der Waals surface area contributed by atoms with Crippen LogP contribution < -0.4 is 11.1 Å². The Labute approximate surface area is 83.9 Å². The van der Waals surface area contributed by atoms with Gasteiger partial charge in [-0.3, -0.25) is 0 Å². The Morgan fingerprint density at radius 1 is 1.36 bits per heavy atom. The van der Waals surface area contributed by atoms with Crippen LogP contribution in [0.2, 0.25) is 0 Å². The van der Waals surface area contributed by atoms with Gasteiger partial charge in [-0.15, -0.1) is 0 Å². The lowest BCUT2D eigenvalue weighted by Crippen LogP contribution is -2.23. The Morgan fingerprint density at radius 2 is 2.07 bits per heavy atom. The van der Waals surface area contributed by atoms with Gasteiger partial charge in [-0.2, -0.15) is 0 Å². The molecule has 2 rings (SSSR count). The smallest absolute Gasteiger partial charge is 0.115 e. The number of phenols is 1. The molecule has 1 saturated heterocycles. The fourth-order valence-electron chi connectivity index (χ4n) is 1.95. The average Bonchev–Trinajstić information content (AvgIpc) is 2.71. The van der Waals surface area contributed by atoms with Crippen LogP contribution in [0.3, 0.4) is 0 Å². The van der Waals surface area contributed by atoms with Gasteiger partial charge in [-0.25, -0.2) is 0 Å². The molecule has 0 spiro atoms. The van der Waals surface area contributed by atoms with E-state index in [0.717, 1.165) is 25.1 Å². The van der Waals surface area contributed by atoms with Gasteiger partial charge in [0.1, 0.15) is 5.75 Å². The van der Waals surface area contributed by atoms with Crippen LogP contribution in [0.15, 0.2) is 24.3 Å². The lowest BCUT2D eigenvalue weighted by Gasteiger charge is -2.18. The van der Waals surface area contributed by atoms with E-state index in [1.54, 1.807) is 12.1 Å². The van der Waals surface area contributed by atoms with Gasteiger partial charge in [0, 0.05) is 6.04 Å². The minimum Gasteiger partial charge on any atom is -0.508 e. The first kappa shape index (κ1) is 9.49. The van der Waals surface area contributed by atoms with Gasteiger partial charge < -0.3 is 16.2 Å². The Kier molecular flexibility index (Phi) is 2.70. The van der Waals surface area contributed by atoms with E-state index in [0.29, 0.717) is 11.7 Å². The SMILES string of the molecule is NC(c1ccc(O)cc1)C1CCNC1. The van der Waals surface area contributed by atoms with Crippen molar-refractivity contribution in [2.75, 3.05) is 13.1 Å². The predicted octanol–water partition coefficient (Wildman–Crippen LogP) is 1.00. The second kappa shape index (κ2) is 3.98. The van der Waals surface area contributed by atoms with E-state index in [1.165, 1.54) is 0 Å². The largest absolute Gasteiger partial charge is 0.508 e. The van der Waals surface area contributed by atoms with E-state index in [1.807, 2.05) is 12.1 Å². The van der Waals surface area contributed by atoms with Crippen LogP contribution in [-0.2, 0) is 0 Å². The summed E-state index contributed by atoms with van der Waals surface area (Å²) in [6.45, 7) is 2.07. The summed E-state index contributed by atoms with van der Waals surface area (Å²) >= 11 is 0. The standard InChI is InChI=1S/C11H16N2O/c12-11(9-5-6-13-7-9)8-1-3-10(14)4-2-8/h1-4,9,11,13-14H,5-7,12H2. The maximum atomic E-state index is 9.15. The van der Waals surface area contributed by atoms with Gasteiger partial charge in [-0.05, 0) is 43.1 Å². The van der Waals surface area contributed by atoms with Gasteiger partial charge in [-0.1, -0.05) is 12.1 Å². The zero-order chi connectivity index (χ0) is 9.97. The average molecular weight is 192 g/mol. The second-order valence-corrected chi connectivity index (χ2v) is 3.87. The van der Waals surface area contributed by atoms with Gasteiger partial charge in [0.25, 0.3) is 0 Å². The van der Waals surface area contributed by atoms with Crippen LogP contribution in [0.25, 0.3) is 0 Å². The van der Waals surface area contributed by atoms with E-state index < -0.39 is 0 Å². The van der Waals surface area contributed by atoms with Crippen LogP contribution in [-0.4, -0.2) is 18.2 Å². The van der Waals surface area contributed by atoms with E-state index >= 15 is 0 Å². The molecule has 1 heterocycles. The lowest BCUT2D eigenvalue weighted by atomic mass is 9.93. The predicted molar refractivity (Wildman–Crippen MR) is 56.0 cm³/mol. The topological polar surface area (TPSA) is 58.3 Å². The molecule has 0 bridgehead atoms. The molecular weight excluding hydrogens is 176 g/mol. The first-order valence-electron chi connectivity index (χ1n) is 5.02. The molecule has 0 aromatic heterocycles. The van der Waals surface area contributed by atoms with Crippen molar-refractivity contribution in [2.45, 2.75) is 12.5 Å². The molecule has 2 unspecified atom stereocenters. The number of hydrogen-bond donors (Lipinski definition) is 3. The number of nitrogens with two attached hydrogens (primary N) is 1. The van der Waals surface area contributed by atoms with Crippen LogP contribution in [0, 0.1) is 5.92 Å². The highest BCUT2D eigenvalue weighted by Crippen LogP contribution is 2.25. The molecule has 0 saturated carbocycles. The van der Waals surface area contributed by atoms with Gasteiger partial charge in [0.2, 0.25) is 0 Å². The highest BCUT2D eigenvalue weighted by atomic mass is 16.3. The van der Waals surface area contributed by atoms with Crippen LogP contribution in [0.4, 0.5) is 0 Å². The molecule has 1 aromatic rings. The number of aromatic hydroxyl groups is 1. The Bertz CT molecular complexity index is 291. The minimum absolute atomic E-state index is 0.0885. The quantitative estimate of drug-likeness (QED) is 0.655. The zero-order valence-electron chi connectivity index (χ0n) is 8.11. The van der Waals surface area contributed by atoms with Crippen molar-refractivity contribution in [2.24, 2.45) is 11.7 Å². The molecule has 1 fully saturated rings. The van der Waals surface area contributed by atoms with E-state index in [-0.39, 0.29) is 6.04 Å². The molecule has 3 heteroatoms. The minimum atomic E-state index is 0.0885. The summed E-state index contributed by atoms with van der Waals surface area (Å²) in [6, 6.07) is 7.27. The third-order valence-electron chi connectivity index (χ3n) is 2.88. The maximum absolute atomic E-state index is 9.15. The number of benzene rings is 1. The van der Waals surface area contributed by atoms with Crippen LogP contribution in [0.1, 0.15) is 18.0 Å². The molecule has 0 amide bonds. The number of phenolic OH excluding ortho intramolecular Hbond substituents is 1. The van der Waals surface area contributed by atoms with Gasteiger partial charge >= 0.3 is 0 Å². The van der Waals surface area contributed by atoms with Crippen molar-refractivity contribution in [3.05, 3.63) is 29.8 Å². The van der Waals surface area contributed by atoms with Crippen molar-refractivity contribution >= 4 is 0 Å². The highest BCUT2D eigenvalue weighted by Gasteiger charge is 2.22. The highest BCUT2D eigenvalue weighted by molar-refractivity contribution is 5.28. The monoisotopic (exact) mass is 192 g/mol. The molecule has 14 heavy (non-hydrogen) atoms. The molecule has 2 atom stereocenters. The molecule has 0 aliphatic carbocycles. The third-order valence-corrected chi connectivity index (χ3v) is 2.88. The Hall–Kier alpha value is -1.06. The number of nitrogens with one attached hydrogen (secondary N) is 1. The zero-order valence-corrected chi connectivity index (χ0v) is 8.11. The number of rotatable bonds is 2. The van der Waals surface area contributed by atoms with Crippen molar-refractivity contribution in [3.8, 4) is 5.75 Å². The van der Waals surface area contributed by atoms with E-state index in [9.17, 15) is 0 Å². The fraction of sp³-hybridized carbons (Fsp3) is 0.455. The van der Waals surface area contributed by atoms with Crippen molar-refractivity contribution in [1.82, 2.24) is 5.32 Å². The molecule has 1 aromatic carbocycles. The summed E-state index contributed by atoms with van der Waals surface area (Å²) in [5.74, 6) is 0.824. The summed E-state index contributed by atoms with van der Waals surface area (Å²) < 4.78 is 0. The Balaban J connectivity index is 2.09. The fourth-order valence-corrected chi connectivity index (χ4v) is 1.95. The molecule has 1 aliphatic heterocycles. The van der Waals surface area contributed by atoms with Crippen molar-refractivity contribution < 1.29 is 5.11 Å². The summed E-state index contributed by atoms with van der Waals surface area (Å²) in [4.78, 5) is 0. The molecule has 76 valence electrons. The maximum Gasteiger partial charge on any atom is 0.115 e. The van der Waals surface area contributed by atoms with Gasteiger partial charge in [0.15, 0.2) is 0 Å². The van der Waals surface area contributed by atoms with Crippen LogP contribution in [0.5, 0.6) is 5.75 Å². The third kappa shape index (κ3) is 1.89. The van der Waals surface area contributed by atoms with Crippen LogP contribution >= 0.6 is 0 Å². The molecule has 3 nitrogen and oxygen atoms in total. The summed E-state index contributed by atoms with van der Waals surface area (Å²) in [5, 5.41) is 12.5. The molecular formula is C11H16N2O. The normalized spacial score (nSPS) is 23.6. The first-order chi connectivity index (χ1) is 6.77.